The van der Waals surface area contributed by atoms with Crippen LogP contribution >= 0.6 is 0 Å². The maximum Gasteiger partial charge on any atom is 0.431 e. The van der Waals surface area contributed by atoms with Gasteiger partial charge >= 0.3 is 6.18 Å². The number of rotatable bonds is 1. The van der Waals surface area contributed by atoms with Gasteiger partial charge in [-0.05, 0) is 18.2 Å². The van der Waals surface area contributed by atoms with E-state index in [0.717, 1.165) is 6.07 Å². The van der Waals surface area contributed by atoms with Crippen LogP contribution in [-0.2, 0) is 0 Å². The number of phenolic OH excluding ortho intramolecular Hbond substituents is 1. The van der Waals surface area contributed by atoms with Gasteiger partial charge in [-0.1, -0.05) is 26.8 Å². The Morgan fingerprint density at radius 3 is 2.39 bits per heavy atom. The second-order valence-electron chi connectivity index (χ2n) is 6.46. The van der Waals surface area contributed by atoms with Crippen LogP contribution in [0.3, 0.4) is 0 Å². The quantitative estimate of drug-likeness (QED) is 0.831. The molecule has 2 rings (SSSR count). The highest BCUT2D eigenvalue weighted by molar-refractivity contribution is 6.00. The molecule has 0 unspecified atom stereocenters. The minimum Gasteiger partial charge on any atom is -0.508 e. The lowest BCUT2D eigenvalue weighted by Gasteiger charge is -2.41. The first-order chi connectivity index (χ1) is 10.4. The third kappa shape index (κ3) is 3.03. The van der Waals surface area contributed by atoms with Crippen LogP contribution in [0.2, 0.25) is 0 Å². The largest absolute Gasteiger partial charge is 0.508 e. The molecule has 8 heteroatoms. The number of aromatic hydroxyl groups is 1. The zero-order valence-corrected chi connectivity index (χ0v) is 12.8. The zero-order chi connectivity index (χ0) is 17.6. The number of hydrogen-bond donors (Lipinski definition) is 2. The van der Waals surface area contributed by atoms with Gasteiger partial charge in [0.25, 0.3) is 5.91 Å². The SMILES string of the molecule is CC(C)(C)[C@]1(O)CC(C(F)(F)F)=NN1C(=O)c1cccc(O)c1. The van der Waals surface area contributed by atoms with Crippen molar-refractivity contribution in [3.63, 3.8) is 0 Å². The molecule has 0 saturated carbocycles. The van der Waals surface area contributed by atoms with Gasteiger partial charge in [0.1, 0.15) is 11.5 Å². The van der Waals surface area contributed by atoms with Gasteiger partial charge in [0.05, 0.1) is 0 Å². The molecule has 0 aromatic heterocycles. The zero-order valence-electron chi connectivity index (χ0n) is 12.8. The van der Waals surface area contributed by atoms with Crippen LogP contribution in [0.1, 0.15) is 37.6 Å². The van der Waals surface area contributed by atoms with E-state index < -0.39 is 35.4 Å². The monoisotopic (exact) mass is 330 g/mol. The number of carbonyl (C=O) groups excluding carboxylic acids is 1. The van der Waals surface area contributed by atoms with Gasteiger partial charge in [-0.25, -0.2) is 0 Å². The van der Waals surface area contributed by atoms with E-state index in [0.29, 0.717) is 5.01 Å². The molecular formula is C15H17F3N2O3. The lowest BCUT2D eigenvalue weighted by Crippen LogP contribution is -2.55. The predicted molar refractivity (Wildman–Crippen MR) is 76.8 cm³/mol. The molecule has 1 aromatic carbocycles. The van der Waals surface area contributed by atoms with Gasteiger partial charge in [0.2, 0.25) is 0 Å². The highest BCUT2D eigenvalue weighted by Gasteiger charge is 2.57. The molecular weight excluding hydrogens is 313 g/mol. The minimum absolute atomic E-state index is 0.0696. The van der Waals surface area contributed by atoms with Gasteiger partial charge in [-0.3, -0.25) is 4.79 Å². The molecule has 0 spiro atoms. The van der Waals surface area contributed by atoms with Crippen LogP contribution in [0.25, 0.3) is 0 Å². The normalized spacial score (nSPS) is 22.2. The molecule has 0 saturated heterocycles. The Hall–Kier alpha value is -2.09. The summed E-state index contributed by atoms with van der Waals surface area (Å²) in [4.78, 5) is 12.5. The maximum absolute atomic E-state index is 13.0. The summed E-state index contributed by atoms with van der Waals surface area (Å²) in [5, 5.41) is 24.0. The Morgan fingerprint density at radius 1 is 1.30 bits per heavy atom. The number of carbonyl (C=O) groups is 1. The highest BCUT2D eigenvalue weighted by Crippen LogP contribution is 2.44. The summed E-state index contributed by atoms with van der Waals surface area (Å²) in [7, 11) is 0. The molecule has 0 fully saturated rings. The minimum atomic E-state index is -4.74. The number of hydrazone groups is 1. The maximum atomic E-state index is 13.0. The molecule has 2 N–H and O–H groups in total. The van der Waals surface area contributed by atoms with Crippen molar-refractivity contribution in [3.8, 4) is 5.75 Å². The molecule has 1 heterocycles. The first-order valence-corrected chi connectivity index (χ1v) is 6.87. The van der Waals surface area contributed by atoms with Crippen molar-refractivity contribution >= 4 is 11.6 Å². The molecule has 0 aliphatic carbocycles. The van der Waals surface area contributed by atoms with E-state index in [1.54, 1.807) is 0 Å². The fraction of sp³-hybridized carbons (Fsp3) is 0.467. The Kier molecular flexibility index (Phi) is 3.92. The van der Waals surface area contributed by atoms with Crippen molar-refractivity contribution in [2.24, 2.45) is 10.5 Å². The molecule has 23 heavy (non-hydrogen) atoms. The van der Waals surface area contributed by atoms with Gasteiger partial charge in [-0.2, -0.15) is 23.3 Å². The second kappa shape index (κ2) is 5.23. The number of hydrogen-bond acceptors (Lipinski definition) is 4. The van der Waals surface area contributed by atoms with E-state index in [4.69, 9.17) is 0 Å². The lowest BCUT2D eigenvalue weighted by atomic mass is 9.80. The van der Waals surface area contributed by atoms with Crippen molar-refractivity contribution in [2.75, 3.05) is 0 Å². The van der Waals surface area contributed by atoms with Crippen LogP contribution in [-0.4, -0.2) is 38.7 Å². The summed E-state index contributed by atoms with van der Waals surface area (Å²) in [6.45, 7) is 4.56. The van der Waals surface area contributed by atoms with Crippen LogP contribution in [0.15, 0.2) is 29.4 Å². The molecule has 1 aliphatic rings. The van der Waals surface area contributed by atoms with Gasteiger partial charge in [-0.15, -0.1) is 0 Å². The Labute approximate surface area is 131 Å². The molecule has 1 atom stereocenters. The first-order valence-electron chi connectivity index (χ1n) is 6.87. The Morgan fingerprint density at radius 2 is 1.91 bits per heavy atom. The number of amides is 1. The standard InChI is InChI=1S/C15H17F3N2O3/c1-13(2,3)14(23)8-11(15(16,17)18)19-20(14)12(22)9-5-4-6-10(21)7-9/h4-7,21,23H,8H2,1-3H3/t14-/m1/s1. The first kappa shape index (κ1) is 17.3. The van der Waals surface area contributed by atoms with Crippen molar-refractivity contribution < 1.29 is 28.2 Å². The third-order valence-corrected chi connectivity index (χ3v) is 3.80. The second-order valence-corrected chi connectivity index (χ2v) is 6.46. The van der Waals surface area contributed by atoms with E-state index in [9.17, 15) is 28.2 Å². The van der Waals surface area contributed by atoms with Gasteiger partial charge < -0.3 is 10.2 Å². The molecule has 0 radical (unpaired) electrons. The van der Waals surface area contributed by atoms with Crippen molar-refractivity contribution in [2.45, 2.75) is 39.1 Å². The number of benzene rings is 1. The van der Waals surface area contributed by atoms with E-state index in [1.807, 2.05) is 0 Å². The molecule has 5 nitrogen and oxygen atoms in total. The summed E-state index contributed by atoms with van der Waals surface area (Å²) in [6, 6.07) is 5.13. The Balaban J connectivity index is 2.50. The van der Waals surface area contributed by atoms with E-state index >= 15 is 0 Å². The summed E-state index contributed by atoms with van der Waals surface area (Å²) in [5.41, 5.74) is -4.49. The van der Waals surface area contributed by atoms with Crippen molar-refractivity contribution in [3.05, 3.63) is 29.8 Å². The number of aliphatic hydroxyl groups is 1. The van der Waals surface area contributed by atoms with Crippen LogP contribution in [0, 0.1) is 5.41 Å². The van der Waals surface area contributed by atoms with E-state index in [1.165, 1.54) is 39.0 Å². The number of phenols is 1. The van der Waals surface area contributed by atoms with Gasteiger partial charge in [0.15, 0.2) is 5.72 Å². The predicted octanol–water partition coefficient (Wildman–Crippen LogP) is 2.89. The summed E-state index contributed by atoms with van der Waals surface area (Å²) < 4.78 is 38.9. The van der Waals surface area contributed by atoms with Crippen LogP contribution < -0.4 is 0 Å². The molecule has 1 aromatic rings. The number of alkyl halides is 3. The van der Waals surface area contributed by atoms with Gasteiger partial charge in [0, 0.05) is 17.4 Å². The number of halogens is 3. The Bertz CT molecular complexity index is 665. The summed E-state index contributed by atoms with van der Waals surface area (Å²) >= 11 is 0. The fourth-order valence-corrected chi connectivity index (χ4v) is 2.26. The highest BCUT2D eigenvalue weighted by atomic mass is 19.4. The molecule has 126 valence electrons. The topological polar surface area (TPSA) is 73.1 Å². The lowest BCUT2D eigenvalue weighted by molar-refractivity contribution is -0.144. The molecule has 1 amide bonds. The van der Waals surface area contributed by atoms with Crippen molar-refractivity contribution in [1.82, 2.24) is 5.01 Å². The average Bonchev–Trinajstić information content (AvgIpc) is 2.77. The van der Waals surface area contributed by atoms with Crippen molar-refractivity contribution in [1.29, 1.82) is 0 Å². The van der Waals surface area contributed by atoms with E-state index in [-0.39, 0.29) is 11.3 Å². The molecule has 1 aliphatic heterocycles. The van der Waals surface area contributed by atoms with Crippen LogP contribution in [0.5, 0.6) is 5.75 Å². The summed E-state index contributed by atoms with van der Waals surface area (Å²) in [5.74, 6) is -1.13. The summed E-state index contributed by atoms with van der Waals surface area (Å²) in [6.07, 6.45) is -5.56. The molecule has 0 bridgehead atoms. The van der Waals surface area contributed by atoms with E-state index in [2.05, 4.69) is 5.10 Å². The average molecular weight is 330 g/mol. The fourth-order valence-electron chi connectivity index (χ4n) is 2.26. The third-order valence-electron chi connectivity index (χ3n) is 3.80. The smallest absolute Gasteiger partial charge is 0.431 e. The number of nitrogens with zero attached hydrogens (tertiary/aromatic N) is 2. The van der Waals surface area contributed by atoms with Crippen LogP contribution in [0.4, 0.5) is 13.2 Å².